The summed E-state index contributed by atoms with van der Waals surface area (Å²) in [5.74, 6) is -0.490. The van der Waals surface area contributed by atoms with Crippen LogP contribution in [0.1, 0.15) is 37.0 Å². The number of benzene rings is 1. The Balaban J connectivity index is 2.74. The van der Waals surface area contributed by atoms with Crippen molar-refractivity contribution in [2.24, 2.45) is 0 Å². The van der Waals surface area contributed by atoms with Gasteiger partial charge in [0, 0.05) is 16.4 Å². The van der Waals surface area contributed by atoms with Crippen LogP contribution >= 0.6 is 15.9 Å². The van der Waals surface area contributed by atoms with Crippen LogP contribution in [0.4, 0.5) is 4.39 Å². The van der Waals surface area contributed by atoms with Gasteiger partial charge in [0.2, 0.25) is 0 Å². The lowest BCUT2D eigenvalue weighted by atomic mass is 9.95. The van der Waals surface area contributed by atoms with Gasteiger partial charge in [-0.3, -0.25) is 4.79 Å². The van der Waals surface area contributed by atoms with Crippen LogP contribution in [0.3, 0.4) is 0 Å². The van der Waals surface area contributed by atoms with Gasteiger partial charge in [-0.25, -0.2) is 4.39 Å². The largest absolute Gasteiger partial charge is 0.347 e. The molecule has 0 aromatic heterocycles. The van der Waals surface area contributed by atoms with E-state index in [9.17, 15) is 9.18 Å². The van der Waals surface area contributed by atoms with Crippen LogP contribution in [0.2, 0.25) is 0 Å². The van der Waals surface area contributed by atoms with Crippen molar-refractivity contribution in [3.05, 3.63) is 35.6 Å². The fourth-order valence-corrected chi connectivity index (χ4v) is 2.36. The second-order valence-corrected chi connectivity index (χ2v) is 5.11. The van der Waals surface area contributed by atoms with Crippen LogP contribution in [0.5, 0.6) is 0 Å². The third-order valence-electron chi connectivity index (χ3n) is 2.95. The summed E-state index contributed by atoms with van der Waals surface area (Å²) in [5.41, 5.74) is 0.259. The Labute approximate surface area is 110 Å². The Morgan fingerprint density at radius 1 is 1.41 bits per heavy atom. The van der Waals surface area contributed by atoms with Gasteiger partial charge in [0.05, 0.1) is 0 Å². The molecule has 0 aliphatic heterocycles. The van der Waals surface area contributed by atoms with Gasteiger partial charge >= 0.3 is 0 Å². The number of alkyl halides is 1. The minimum Gasteiger partial charge on any atom is -0.347 e. The third-order valence-corrected chi connectivity index (χ3v) is 3.34. The number of rotatable bonds is 5. The van der Waals surface area contributed by atoms with E-state index in [0.29, 0.717) is 5.56 Å². The van der Waals surface area contributed by atoms with Crippen LogP contribution in [0.25, 0.3) is 0 Å². The molecule has 1 aromatic carbocycles. The first kappa shape index (κ1) is 14.2. The average molecular weight is 302 g/mol. The third kappa shape index (κ3) is 4.11. The molecule has 0 aliphatic carbocycles. The molecule has 2 nitrogen and oxygen atoms in total. The van der Waals surface area contributed by atoms with E-state index in [1.54, 1.807) is 0 Å². The molecule has 0 heterocycles. The fraction of sp³-hybridized carbons (Fsp3) is 0.462. The lowest BCUT2D eigenvalue weighted by Crippen LogP contribution is -2.45. The Bertz CT molecular complexity index is 380. The van der Waals surface area contributed by atoms with Crippen LogP contribution in [-0.2, 0) is 0 Å². The number of hydrogen-bond acceptors (Lipinski definition) is 1. The van der Waals surface area contributed by atoms with Gasteiger partial charge in [-0.05, 0) is 44.0 Å². The minimum atomic E-state index is -0.333. The van der Waals surface area contributed by atoms with Crippen molar-refractivity contribution >= 4 is 21.8 Å². The predicted octanol–water partition coefficient (Wildman–Crippen LogP) is 3.51. The van der Waals surface area contributed by atoms with Crippen LogP contribution in [0, 0.1) is 5.82 Å². The van der Waals surface area contributed by atoms with Gasteiger partial charge in [0.25, 0.3) is 5.91 Å². The maximum atomic E-state index is 12.7. The van der Waals surface area contributed by atoms with E-state index in [1.165, 1.54) is 24.3 Å². The number of halogens is 2. The van der Waals surface area contributed by atoms with E-state index in [-0.39, 0.29) is 17.3 Å². The summed E-state index contributed by atoms with van der Waals surface area (Å²) < 4.78 is 12.7. The first-order valence-electron chi connectivity index (χ1n) is 5.65. The summed E-state index contributed by atoms with van der Waals surface area (Å²) in [5, 5.41) is 3.82. The SMILES string of the molecule is CCC(C)(CCBr)NC(=O)c1ccc(F)cc1. The van der Waals surface area contributed by atoms with E-state index in [1.807, 2.05) is 13.8 Å². The Hall–Kier alpha value is -0.900. The molecule has 17 heavy (non-hydrogen) atoms. The van der Waals surface area contributed by atoms with Gasteiger partial charge in [-0.1, -0.05) is 22.9 Å². The number of carbonyl (C=O) groups excluding carboxylic acids is 1. The van der Waals surface area contributed by atoms with Crippen molar-refractivity contribution in [2.75, 3.05) is 5.33 Å². The molecular weight excluding hydrogens is 285 g/mol. The van der Waals surface area contributed by atoms with Gasteiger partial charge < -0.3 is 5.32 Å². The zero-order valence-corrected chi connectivity index (χ0v) is 11.7. The quantitative estimate of drug-likeness (QED) is 0.829. The zero-order valence-electron chi connectivity index (χ0n) is 10.1. The lowest BCUT2D eigenvalue weighted by molar-refractivity contribution is 0.0902. The summed E-state index contributed by atoms with van der Waals surface area (Å²) in [7, 11) is 0. The normalized spacial score (nSPS) is 14.1. The summed E-state index contributed by atoms with van der Waals surface area (Å²) in [6.07, 6.45) is 1.71. The molecule has 0 saturated carbocycles. The highest BCUT2D eigenvalue weighted by atomic mass is 79.9. The molecule has 1 amide bonds. The maximum absolute atomic E-state index is 12.7. The Kier molecular flexibility index (Phi) is 5.12. The summed E-state index contributed by atoms with van der Waals surface area (Å²) in [6, 6.07) is 5.58. The van der Waals surface area contributed by atoms with Crippen LogP contribution in [0.15, 0.2) is 24.3 Å². The Morgan fingerprint density at radius 3 is 2.47 bits per heavy atom. The second kappa shape index (κ2) is 6.15. The first-order valence-corrected chi connectivity index (χ1v) is 6.77. The number of nitrogens with one attached hydrogen (secondary N) is 1. The molecule has 0 fully saturated rings. The van der Waals surface area contributed by atoms with Crippen molar-refractivity contribution in [1.29, 1.82) is 0 Å². The zero-order chi connectivity index (χ0) is 12.9. The lowest BCUT2D eigenvalue weighted by Gasteiger charge is -2.29. The molecule has 0 bridgehead atoms. The second-order valence-electron chi connectivity index (χ2n) is 4.31. The minimum absolute atomic E-state index is 0.157. The summed E-state index contributed by atoms with van der Waals surface area (Å²) >= 11 is 3.38. The molecule has 0 saturated heterocycles. The molecule has 1 rings (SSSR count). The standard InChI is InChI=1S/C13H17BrFNO/c1-3-13(2,8-9-14)16-12(17)10-4-6-11(15)7-5-10/h4-7H,3,8-9H2,1-2H3,(H,16,17). The molecule has 0 radical (unpaired) electrons. The molecule has 1 atom stereocenters. The molecule has 0 aliphatic rings. The number of amides is 1. The molecule has 1 N–H and O–H groups in total. The topological polar surface area (TPSA) is 29.1 Å². The van der Waals surface area contributed by atoms with Crippen molar-refractivity contribution in [3.8, 4) is 0 Å². The smallest absolute Gasteiger partial charge is 0.251 e. The molecule has 0 spiro atoms. The van der Waals surface area contributed by atoms with Crippen LogP contribution in [-0.4, -0.2) is 16.8 Å². The van der Waals surface area contributed by atoms with E-state index < -0.39 is 0 Å². The van der Waals surface area contributed by atoms with Gasteiger partial charge in [-0.15, -0.1) is 0 Å². The molecule has 1 aromatic rings. The monoisotopic (exact) mass is 301 g/mol. The number of carbonyl (C=O) groups is 1. The Morgan fingerprint density at radius 2 is 2.00 bits per heavy atom. The summed E-state index contributed by atoms with van der Waals surface area (Å²) in [6.45, 7) is 4.04. The molecular formula is C13H17BrFNO. The average Bonchev–Trinajstić information content (AvgIpc) is 2.30. The van der Waals surface area contributed by atoms with Gasteiger partial charge in [0.15, 0.2) is 0 Å². The molecule has 4 heteroatoms. The number of hydrogen-bond donors (Lipinski definition) is 1. The van der Waals surface area contributed by atoms with Crippen molar-refractivity contribution in [2.45, 2.75) is 32.2 Å². The fourth-order valence-electron chi connectivity index (χ4n) is 1.48. The summed E-state index contributed by atoms with van der Waals surface area (Å²) in [4.78, 5) is 12.0. The van der Waals surface area contributed by atoms with E-state index >= 15 is 0 Å². The molecule has 94 valence electrons. The van der Waals surface area contributed by atoms with Crippen molar-refractivity contribution < 1.29 is 9.18 Å². The first-order chi connectivity index (χ1) is 8.00. The van der Waals surface area contributed by atoms with Gasteiger partial charge in [0.1, 0.15) is 5.82 Å². The van der Waals surface area contributed by atoms with E-state index in [2.05, 4.69) is 21.2 Å². The van der Waals surface area contributed by atoms with Crippen molar-refractivity contribution in [3.63, 3.8) is 0 Å². The van der Waals surface area contributed by atoms with Crippen molar-refractivity contribution in [1.82, 2.24) is 5.32 Å². The highest BCUT2D eigenvalue weighted by Crippen LogP contribution is 2.16. The predicted molar refractivity (Wildman–Crippen MR) is 71.0 cm³/mol. The maximum Gasteiger partial charge on any atom is 0.251 e. The van der Waals surface area contributed by atoms with Gasteiger partial charge in [-0.2, -0.15) is 0 Å². The van der Waals surface area contributed by atoms with E-state index in [4.69, 9.17) is 0 Å². The van der Waals surface area contributed by atoms with Crippen LogP contribution < -0.4 is 5.32 Å². The highest BCUT2D eigenvalue weighted by Gasteiger charge is 2.23. The highest BCUT2D eigenvalue weighted by molar-refractivity contribution is 9.09. The molecule has 1 unspecified atom stereocenters. The van der Waals surface area contributed by atoms with E-state index in [0.717, 1.165) is 18.2 Å².